The predicted octanol–water partition coefficient (Wildman–Crippen LogP) is 3.27. The van der Waals surface area contributed by atoms with Crippen LogP contribution in [0.15, 0.2) is 18.2 Å². The normalized spacial score (nSPS) is 21.8. The second-order valence-electron chi connectivity index (χ2n) is 6.00. The molecule has 0 fully saturated rings. The minimum Gasteiger partial charge on any atom is -0.493 e. The Kier molecular flexibility index (Phi) is 4.67. The fraction of sp³-hybridized carbons (Fsp3) is 0.588. The zero-order valence-electron chi connectivity index (χ0n) is 12.8. The molecule has 20 heavy (non-hydrogen) atoms. The quantitative estimate of drug-likeness (QED) is 0.844. The first kappa shape index (κ1) is 14.9. The van der Waals surface area contributed by atoms with E-state index in [1.54, 1.807) is 0 Å². The van der Waals surface area contributed by atoms with Crippen molar-refractivity contribution < 1.29 is 4.74 Å². The third-order valence-corrected chi connectivity index (χ3v) is 4.14. The maximum Gasteiger partial charge on any atom is 0.126 e. The highest BCUT2D eigenvalue weighted by Crippen LogP contribution is 2.42. The molecule has 0 spiro atoms. The van der Waals surface area contributed by atoms with Gasteiger partial charge < -0.3 is 9.64 Å². The molecule has 0 saturated carbocycles. The van der Waals surface area contributed by atoms with E-state index in [4.69, 9.17) is 4.74 Å². The third kappa shape index (κ3) is 2.96. The number of para-hydroxylation sites is 1. The summed E-state index contributed by atoms with van der Waals surface area (Å²) < 4.78 is 5.90. The van der Waals surface area contributed by atoms with Gasteiger partial charge in [-0.1, -0.05) is 18.2 Å². The molecule has 2 rings (SSSR count). The number of benzene rings is 1. The molecule has 1 unspecified atom stereocenters. The van der Waals surface area contributed by atoms with Gasteiger partial charge in [0.25, 0.3) is 0 Å². The van der Waals surface area contributed by atoms with Crippen molar-refractivity contribution in [3.63, 3.8) is 0 Å². The zero-order valence-corrected chi connectivity index (χ0v) is 12.8. The monoisotopic (exact) mass is 272 g/mol. The van der Waals surface area contributed by atoms with Gasteiger partial charge in [0.15, 0.2) is 0 Å². The Balaban J connectivity index is 2.33. The molecule has 1 aliphatic rings. The molecule has 0 N–H and O–H groups in total. The Bertz CT molecular complexity index is 504. The Labute approximate surface area is 122 Å². The summed E-state index contributed by atoms with van der Waals surface area (Å²) in [6.07, 6.45) is 3.78. The van der Waals surface area contributed by atoms with Crippen LogP contribution in [0.5, 0.6) is 5.75 Å². The highest BCUT2D eigenvalue weighted by Gasteiger charge is 2.36. The van der Waals surface area contributed by atoms with Crippen LogP contribution in [0.1, 0.15) is 36.8 Å². The van der Waals surface area contributed by atoms with Crippen LogP contribution in [0.4, 0.5) is 0 Å². The molecule has 0 amide bonds. The molecule has 3 heteroatoms. The predicted molar refractivity (Wildman–Crippen MR) is 81.0 cm³/mol. The summed E-state index contributed by atoms with van der Waals surface area (Å²) in [6, 6.07) is 8.80. The minimum atomic E-state index is -0.381. The summed E-state index contributed by atoms with van der Waals surface area (Å²) in [6.45, 7) is 3.80. The van der Waals surface area contributed by atoms with Crippen LogP contribution in [0.2, 0.25) is 0 Å². The topological polar surface area (TPSA) is 36.3 Å². The highest BCUT2D eigenvalue weighted by atomic mass is 16.5. The van der Waals surface area contributed by atoms with Gasteiger partial charge in [0.1, 0.15) is 5.75 Å². The molecule has 0 saturated heterocycles. The van der Waals surface area contributed by atoms with Crippen molar-refractivity contribution in [1.82, 2.24) is 4.90 Å². The first-order valence-corrected chi connectivity index (χ1v) is 7.38. The van der Waals surface area contributed by atoms with Crippen molar-refractivity contribution in [3.05, 3.63) is 29.3 Å². The van der Waals surface area contributed by atoms with Gasteiger partial charge in [-0.3, -0.25) is 0 Å². The number of hydrogen-bond donors (Lipinski definition) is 0. The Morgan fingerprint density at radius 1 is 1.40 bits per heavy atom. The van der Waals surface area contributed by atoms with Gasteiger partial charge in [0, 0.05) is 5.56 Å². The maximum absolute atomic E-state index is 9.85. The summed E-state index contributed by atoms with van der Waals surface area (Å²) in [4.78, 5) is 2.18. The average molecular weight is 272 g/mol. The molecule has 1 aromatic carbocycles. The van der Waals surface area contributed by atoms with E-state index in [1.165, 1.54) is 0 Å². The van der Waals surface area contributed by atoms with Gasteiger partial charge in [-0.25, -0.2) is 0 Å². The number of nitrogens with zero attached hydrogens (tertiary/aromatic N) is 2. The van der Waals surface area contributed by atoms with Crippen molar-refractivity contribution in [1.29, 1.82) is 5.26 Å². The van der Waals surface area contributed by atoms with Crippen molar-refractivity contribution >= 4 is 0 Å². The number of aryl methyl sites for hydroxylation is 1. The van der Waals surface area contributed by atoms with Crippen molar-refractivity contribution in [2.75, 3.05) is 27.2 Å². The van der Waals surface area contributed by atoms with Crippen LogP contribution in [0.25, 0.3) is 0 Å². The SMILES string of the molecule is Cc1cccc2c1OCCCC2(C#N)CCCN(C)C. The lowest BCUT2D eigenvalue weighted by atomic mass is 9.74. The van der Waals surface area contributed by atoms with E-state index in [0.29, 0.717) is 0 Å². The first-order chi connectivity index (χ1) is 9.59. The summed E-state index contributed by atoms with van der Waals surface area (Å²) >= 11 is 0. The summed E-state index contributed by atoms with van der Waals surface area (Å²) in [5.41, 5.74) is 1.85. The molecule has 1 aliphatic heterocycles. The summed E-state index contributed by atoms with van der Waals surface area (Å²) in [5, 5.41) is 9.85. The lowest BCUT2D eigenvalue weighted by Gasteiger charge is -2.27. The zero-order chi connectivity index (χ0) is 14.6. The molecule has 0 bridgehead atoms. The smallest absolute Gasteiger partial charge is 0.126 e. The van der Waals surface area contributed by atoms with Gasteiger partial charge in [0.05, 0.1) is 18.1 Å². The molecule has 1 atom stereocenters. The fourth-order valence-electron chi connectivity index (χ4n) is 3.03. The van der Waals surface area contributed by atoms with Gasteiger partial charge in [-0.15, -0.1) is 0 Å². The molecular formula is C17H24N2O. The average Bonchev–Trinajstić information content (AvgIpc) is 2.60. The second kappa shape index (κ2) is 6.28. The third-order valence-electron chi connectivity index (χ3n) is 4.14. The van der Waals surface area contributed by atoms with Crippen LogP contribution in [0.3, 0.4) is 0 Å². The molecular weight excluding hydrogens is 248 g/mol. The first-order valence-electron chi connectivity index (χ1n) is 7.38. The summed E-state index contributed by atoms with van der Waals surface area (Å²) in [7, 11) is 4.15. The van der Waals surface area contributed by atoms with E-state index >= 15 is 0 Å². The van der Waals surface area contributed by atoms with E-state index in [0.717, 1.165) is 55.7 Å². The minimum absolute atomic E-state index is 0.381. The second-order valence-corrected chi connectivity index (χ2v) is 6.00. The van der Waals surface area contributed by atoms with Crippen LogP contribution in [-0.4, -0.2) is 32.1 Å². The van der Waals surface area contributed by atoms with Crippen LogP contribution < -0.4 is 4.74 Å². The van der Waals surface area contributed by atoms with E-state index in [1.807, 2.05) is 6.07 Å². The largest absolute Gasteiger partial charge is 0.493 e. The fourth-order valence-corrected chi connectivity index (χ4v) is 3.03. The molecule has 0 radical (unpaired) electrons. The molecule has 1 aromatic rings. The number of ether oxygens (including phenoxy) is 1. The van der Waals surface area contributed by atoms with Gasteiger partial charge in [-0.2, -0.15) is 5.26 Å². The molecule has 0 aromatic heterocycles. The Morgan fingerprint density at radius 2 is 2.20 bits per heavy atom. The number of rotatable bonds is 4. The van der Waals surface area contributed by atoms with Crippen LogP contribution >= 0.6 is 0 Å². The summed E-state index contributed by atoms with van der Waals surface area (Å²) in [5.74, 6) is 0.941. The highest BCUT2D eigenvalue weighted by molar-refractivity contribution is 5.49. The lowest BCUT2D eigenvalue weighted by molar-refractivity contribution is 0.310. The van der Waals surface area contributed by atoms with Gasteiger partial charge >= 0.3 is 0 Å². The Morgan fingerprint density at radius 3 is 2.90 bits per heavy atom. The van der Waals surface area contributed by atoms with Crippen molar-refractivity contribution in [3.8, 4) is 11.8 Å². The standard InChI is InChI=1S/C17H24N2O/c1-14-7-4-8-15-16(14)20-12-6-10-17(15,13-18)9-5-11-19(2)3/h4,7-8H,5-6,9-12H2,1-3H3. The lowest BCUT2D eigenvalue weighted by Crippen LogP contribution is -2.26. The van der Waals surface area contributed by atoms with E-state index < -0.39 is 0 Å². The molecule has 3 nitrogen and oxygen atoms in total. The number of hydrogen-bond acceptors (Lipinski definition) is 3. The number of fused-ring (bicyclic) bond motifs is 1. The van der Waals surface area contributed by atoms with Crippen LogP contribution in [0, 0.1) is 18.3 Å². The molecule has 108 valence electrons. The van der Waals surface area contributed by atoms with Crippen molar-refractivity contribution in [2.24, 2.45) is 0 Å². The number of nitriles is 1. The van der Waals surface area contributed by atoms with E-state index in [9.17, 15) is 5.26 Å². The molecule has 0 aliphatic carbocycles. The van der Waals surface area contributed by atoms with Gasteiger partial charge in [0.2, 0.25) is 0 Å². The van der Waals surface area contributed by atoms with Crippen LogP contribution in [-0.2, 0) is 5.41 Å². The van der Waals surface area contributed by atoms with E-state index in [-0.39, 0.29) is 5.41 Å². The maximum atomic E-state index is 9.85. The Hall–Kier alpha value is -1.53. The molecule has 1 heterocycles. The van der Waals surface area contributed by atoms with E-state index in [2.05, 4.69) is 44.1 Å². The van der Waals surface area contributed by atoms with Crippen molar-refractivity contribution in [2.45, 2.75) is 38.0 Å². The van der Waals surface area contributed by atoms with Gasteiger partial charge in [-0.05, 0) is 58.8 Å².